The Morgan fingerprint density at radius 1 is 0.400 bits per heavy atom. The number of aliphatic carboxylic acids is 1. The van der Waals surface area contributed by atoms with Crippen LogP contribution in [0.25, 0.3) is 0 Å². The molecule has 0 radical (unpaired) electrons. The summed E-state index contributed by atoms with van der Waals surface area (Å²) in [4.78, 5) is 74.6. The molecule has 18 atom stereocenters. The van der Waals surface area contributed by atoms with E-state index in [1.54, 1.807) is 0 Å². The zero-order valence-electron chi connectivity index (χ0n) is 70.9. The van der Waals surface area contributed by atoms with E-state index in [4.69, 9.17) is 9.47 Å². The predicted octanol–water partition coefficient (Wildman–Crippen LogP) is 26.5. The number of hydrogen-bond donors (Lipinski definition) is 2. The van der Waals surface area contributed by atoms with Crippen molar-refractivity contribution < 1.29 is 43.7 Å². The first-order valence-electron chi connectivity index (χ1n) is 45.4. The van der Waals surface area contributed by atoms with Gasteiger partial charge >= 0.3 is 17.9 Å². The minimum absolute atomic E-state index is 0.0167. The van der Waals surface area contributed by atoms with Gasteiger partial charge in [0.1, 0.15) is 5.60 Å². The van der Waals surface area contributed by atoms with Crippen LogP contribution in [0.2, 0.25) is 0 Å². The lowest BCUT2D eigenvalue weighted by molar-refractivity contribution is -0.315. The second-order valence-corrected chi connectivity index (χ2v) is 42.7. The highest BCUT2D eigenvalue weighted by atomic mass is 16.7. The number of rotatable bonds is 37. The maximum atomic E-state index is 16.3. The molecule has 10 aliphatic carbocycles. The van der Waals surface area contributed by atoms with Gasteiger partial charge in [0.2, 0.25) is 5.79 Å². The molecule has 0 aromatic rings. The smallest absolute Gasteiger partial charge is 0.312 e. The maximum absolute atomic E-state index is 16.3. The van der Waals surface area contributed by atoms with Crippen molar-refractivity contribution >= 4 is 29.5 Å². The summed E-state index contributed by atoms with van der Waals surface area (Å²) in [6, 6.07) is 0. The molecule has 8 fully saturated rings. The van der Waals surface area contributed by atoms with Crippen molar-refractivity contribution in [3.05, 3.63) is 23.3 Å². The number of carboxylic acid groups (broad SMARTS) is 1. The normalized spacial score (nSPS) is 40.8. The van der Waals surface area contributed by atoms with Crippen LogP contribution in [0.4, 0.5) is 0 Å². The van der Waals surface area contributed by atoms with Crippen LogP contribution in [0.3, 0.4) is 0 Å². The lowest BCUT2D eigenvalue weighted by Crippen LogP contribution is -2.69. The minimum Gasteiger partial charge on any atom is -0.481 e. The zero-order chi connectivity index (χ0) is 76.4. The van der Waals surface area contributed by atoms with Crippen molar-refractivity contribution in [3.63, 3.8) is 0 Å². The monoisotopic (exact) mass is 1460 g/mol. The maximum Gasteiger partial charge on any atom is 0.312 e. The molecule has 10 rings (SSSR count). The van der Waals surface area contributed by atoms with Gasteiger partial charge in [-0.25, -0.2) is 0 Å². The predicted molar refractivity (Wildman–Crippen MR) is 430 cm³/mol. The van der Waals surface area contributed by atoms with Crippen LogP contribution in [0, 0.1) is 100 Å². The van der Waals surface area contributed by atoms with E-state index in [2.05, 4.69) is 116 Å². The minimum atomic E-state index is -1.61. The van der Waals surface area contributed by atoms with Crippen molar-refractivity contribution in [1.29, 1.82) is 0 Å². The van der Waals surface area contributed by atoms with Crippen LogP contribution in [-0.4, -0.2) is 51.1 Å². The molecule has 10 aliphatic rings. The number of ketones is 2. The zero-order valence-corrected chi connectivity index (χ0v) is 70.9. The first-order chi connectivity index (χ1) is 49.5. The van der Waals surface area contributed by atoms with Gasteiger partial charge in [-0.15, -0.1) is 0 Å². The SMILES string of the molecule is CCCCCCCCCCCCCCCCCC[C@]1(OC(=O)[C@@]2(C)CC[C@]3(C)CC[C@]4(C)C(=CC(=O)C5[C@@]6(C)CC[C@@](O)(OC(=O)CCCCCCCCCCCCCCCCC)C(C)(C)C6CC[C@]54C)[C@H]3C2)CC[C@@]2(C)C(CC[C@]3(C)[C@@H]2C(=O)C=C2[C@H]4C[C@@](C)(C(=O)O)CC[C@]4(C)CC[C@]23C)C1(C)C. The second-order valence-electron chi connectivity index (χ2n) is 42.7. The number of carbonyl (C=O) groups excluding carboxylic acids is 4. The van der Waals surface area contributed by atoms with E-state index in [-0.39, 0.29) is 96.9 Å². The average Bonchev–Trinajstić information content (AvgIpc) is 0.674. The number of carboxylic acids is 1. The molecule has 0 aromatic heterocycles. The molecule has 2 N–H and O–H groups in total. The van der Waals surface area contributed by atoms with Crippen LogP contribution >= 0.6 is 0 Å². The van der Waals surface area contributed by atoms with E-state index in [0.29, 0.717) is 38.5 Å². The fourth-order valence-electron chi connectivity index (χ4n) is 27.7. The fourth-order valence-corrected chi connectivity index (χ4v) is 27.7. The first kappa shape index (κ1) is 84.6. The number of esters is 2. The highest BCUT2D eigenvalue weighted by Crippen LogP contribution is 2.79. The summed E-state index contributed by atoms with van der Waals surface area (Å²) >= 11 is 0. The van der Waals surface area contributed by atoms with Gasteiger partial charge in [-0.3, -0.25) is 24.0 Å². The molecule has 0 spiro atoms. The Morgan fingerprint density at radius 2 is 0.752 bits per heavy atom. The Balaban J connectivity index is 0.825. The number of hydrogen-bond acceptors (Lipinski definition) is 8. The summed E-state index contributed by atoms with van der Waals surface area (Å²) in [5.41, 5.74) is -2.95. The Morgan fingerprint density at radius 3 is 1.16 bits per heavy atom. The van der Waals surface area contributed by atoms with Crippen molar-refractivity contribution in [2.45, 2.75) is 450 Å². The summed E-state index contributed by atoms with van der Waals surface area (Å²) in [5, 5.41) is 23.3. The van der Waals surface area contributed by atoms with Gasteiger partial charge in [0, 0.05) is 35.5 Å². The molecular weight excluding hydrogens is 1300 g/mol. The molecule has 0 aromatic carbocycles. The lowest BCUT2D eigenvalue weighted by Gasteiger charge is -2.72. The third-order valence-corrected chi connectivity index (χ3v) is 35.7. The molecule has 0 aliphatic heterocycles. The van der Waals surface area contributed by atoms with Crippen LogP contribution in [0.1, 0.15) is 438 Å². The number of allylic oxidation sites excluding steroid dienone is 4. The average molecular weight is 1460 g/mol. The summed E-state index contributed by atoms with van der Waals surface area (Å²) in [7, 11) is 0. The topological polar surface area (TPSA) is 144 Å². The van der Waals surface area contributed by atoms with Gasteiger partial charge in [-0.1, -0.05) is 294 Å². The molecule has 598 valence electrons. The van der Waals surface area contributed by atoms with Gasteiger partial charge in [-0.05, 0) is 221 Å². The van der Waals surface area contributed by atoms with E-state index in [1.807, 2.05) is 6.92 Å². The van der Waals surface area contributed by atoms with Crippen LogP contribution in [0.15, 0.2) is 23.3 Å². The lowest BCUT2D eigenvalue weighted by atomic mass is 9.32. The van der Waals surface area contributed by atoms with Crippen molar-refractivity contribution in [2.75, 3.05) is 0 Å². The van der Waals surface area contributed by atoms with E-state index in [1.165, 1.54) is 178 Å². The van der Waals surface area contributed by atoms with Gasteiger partial charge in [0.15, 0.2) is 11.6 Å². The first-order valence-corrected chi connectivity index (χ1v) is 45.4. The van der Waals surface area contributed by atoms with Crippen molar-refractivity contribution in [2.24, 2.45) is 100 Å². The molecule has 105 heavy (non-hydrogen) atoms. The summed E-state index contributed by atoms with van der Waals surface area (Å²) < 4.78 is 14.0. The third kappa shape index (κ3) is 15.8. The van der Waals surface area contributed by atoms with Gasteiger partial charge in [-0.2, -0.15) is 0 Å². The quantitative estimate of drug-likeness (QED) is 0.0353. The molecule has 9 nitrogen and oxygen atoms in total. The molecule has 0 saturated heterocycles. The molecule has 9 heteroatoms. The highest BCUT2D eigenvalue weighted by molar-refractivity contribution is 5.96. The highest BCUT2D eigenvalue weighted by Gasteiger charge is 2.75. The number of fused-ring (bicyclic) bond motifs is 14. The van der Waals surface area contributed by atoms with Gasteiger partial charge in [0.05, 0.1) is 10.8 Å². The summed E-state index contributed by atoms with van der Waals surface area (Å²) in [6.45, 7) is 37.4. The fraction of sp³-hybridized carbons (Fsp3) is 0.906. The number of aliphatic hydroxyl groups is 1. The Kier molecular flexibility index (Phi) is 26.7. The Hall–Kier alpha value is -2.81. The summed E-state index contributed by atoms with van der Waals surface area (Å²) in [5.74, 6) is -2.42. The summed E-state index contributed by atoms with van der Waals surface area (Å²) in [6.07, 6.45) is 59.8. The van der Waals surface area contributed by atoms with E-state index >= 15 is 14.4 Å². The van der Waals surface area contributed by atoms with Crippen LogP contribution in [0.5, 0.6) is 0 Å². The third-order valence-electron chi connectivity index (χ3n) is 35.7. The standard InChI is InChI=1S/C96H160O9/c1-17-19-21-23-25-27-29-31-33-35-37-39-41-43-45-47-51-95(64-60-89(11)76(83(95,3)4)49-52-93(15)79(89)74(97)66-70-72-68-87(9,81(100)101)56-54-85(72,7)58-62-91(70,93)13)105-82(102)88(10)57-55-86(8)59-63-92(14)71(73(86)69-88)67-75(98)80-90(12)61-65-96(103,84(5,6)77(90)50-53-94(80,92)16)104-78(99)48-46-44-42-40-38-36-34-32-30-28-26-24-22-20-18-2/h66-67,72-73,76-77,79-80,103H,17-65,68-69H2,1-16H3,(H,100,101)/t72-,73-,76?,77?,79-,80?,85-,86-,87+,88+,89+,90+,91-,92-,93-,94-,95+,96-/m1/s1. The molecule has 3 unspecified atom stereocenters. The van der Waals surface area contributed by atoms with E-state index < -0.39 is 44.4 Å². The number of ether oxygens (including phenoxy) is 2. The molecular formula is C96H160O9. The number of unbranched alkanes of at least 4 members (excludes halogenated alkanes) is 29. The largest absolute Gasteiger partial charge is 0.481 e. The van der Waals surface area contributed by atoms with Gasteiger partial charge in [0.25, 0.3) is 0 Å². The number of carbonyl (C=O) groups is 5. The molecule has 0 heterocycles. The van der Waals surface area contributed by atoms with E-state index in [0.717, 1.165) is 122 Å². The second kappa shape index (κ2) is 33.1. The van der Waals surface area contributed by atoms with Crippen LogP contribution in [-0.2, 0) is 33.4 Å². The molecule has 0 amide bonds. The Bertz CT molecular complexity index is 3080. The van der Waals surface area contributed by atoms with E-state index in [9.17, 15) is 19.8 Å². The molecule has 0 bridgehead atoms. The van der Waals surface area contributed by atoms with Crippen LogP contribution < -0.4 is 0 Å². The van der Waals surface area contributed by atoms with Gasteiger partial charge < -0.3 is 19.7 Å². The molecule has 8 saturated carbocycles. The van der Waals surface area contributed by atoms with Crippen molar-refractivity contribution in [1.82, 2.24) is 0 Å². The Labute approximate surface area is 643 Å². The van der Waals surface area contributed by atoms with Crippen molar-refractivity contribution in [3.8, 4) is 0 Å².